The van der Waals surface area contributed by atoms with Crippen LogP contribution in [-0.2, 0) is 9.59 Å². The van der Waals surface area contributed by atoms with Crippen molar-refractivity contribution >= 4 is 12.3 Å². The third-order valence-corrected chi connectivity index (χ3v) is 2.65. The lowest BCUT2D eigenvalue weighted by Gasteiger charge is -2.19. The molecule has 0 rings (SSSR count). The fraction of sp³-hybridized carbons (Fsp3) is 0.867. The number of carbonyl (C=O) groups is 2. The topological polar surface area (TPSA) is 297 Å². The summed E-state index contributed by atoms with van der Waals surface area (Å²) in [5, 5.41) is 108. The van der Waals surface area contributed by atoms with Gasteiger partial charge in [0.05, 0.1) is 33.0 Å². The van der Waals surface area contributed by atoms with Crippen LogP contribution in [0.1, 0.15) is 6.92 Å². The van der Waals surface area contributed by atoms with Crippen LogP contribution >= 0.6 is 0 Å². The highest BCUT2D eigenvalue weighted by Crippen LogP contribution is 1.98. The highest BCUT2D eigenvalue weighted by Gasteiger charge is 2.23. The summed E-state index contributed by atoms with van der Waals surface area (Å²) in [5.41, 5.74) is 0. The van der Waals surface area contributed by atoms with Gasteiger partial charge in [-0.15, -0.1) is 0 Å². The Morgan fingerprint density at radius 3 is 1.10 bits per heavy atom. The molecule has 0 amide bonds. The number of rotatable bonds is 10. The lowest BCUT2D eigenvalue weighted by molar-refractivity contribution is -0.134. The third-order valence-electron chi connectivity index (χ3n) is 2.65. The Balaban J connectivity index is -0.000000159. The molecule has 0 radical (unpaired) electrons. The predicted octanol–water partition coefficient (Wildman–Crippen LogP) is -7.26. The van der Waals surface area contributed by atoms with E-state index in [1.807, 2.05) is 0 Å². The molecular formula is C15H34O15. The molecule has 0 spiro atoms. The van der Waals surface area contributed by atoms with Crippen molar-refractivity contribution in [3.05, 3.63) is 0 Å². The Bertz CT molecular complexity index is 365. The molecule has 0 bridgehead atoms. The number of aldehydes is 1. The summed E-state index contributed by atoms with van der Waals surface area (Å²) in [6.07, 6.45) is -9.88. The Hall–Kier alpha value is -1.34. The van der Waals surface area contributed by atoms with Gasteiger partial charge < -0.3 is 71.2 Å². The van der Waals surface area contributed by atoms with Gasteiger partial charge in [0.25, 0.3) is 5.97 Å². The van der Waals surface area contributed by atoms with E-state index in [-0.39, 0.29) is 19.5 Å². The van der Waals surface area contributed by atoms with Crippen LogP contribution in [-0.4, -0.2) is 154 Å². The van der Waals surface area contributed by atoms with Crippen LogP contribution in [0.4, 0.5) is 0 Å². The van der Waals surface area contributed by atoms with Crippen LogP contribution in [0.15, 0.2) is 0 Å². The number of aliphatic hydroxyl groups is 12. The molecule has 0 fully saturated rings. The Morgan fingerprint density at radius 2 is 0.933 bits per heavy atom. The van der Waals surface area contributed by atoms with Gasteiger partial charge in [-0.05, 0) is 0 Å². The number of carboxylic acid groups (broad SMARTS) is 1. The first-order valence-electron chi connectivity index (χ1n) is 8.26. The normalized spacial score (nSPS) is 16.1. The lowest BCUT2D eigenvalue weighted by atomic mass is 10.1. The average Bonchev–Trinajstić information content (AvgIpc) is 2.75. The van der Waals surface area contributed by atoms with Gasteiger partial charge in [0, 0.05) is 6.92 Å². The molecule has 0 aliphatic heterocycles. The van der Waals surface area contributed by atoms with Crippen molar-refractivity contribution in [2.45, 2.75) is 49.7 Å². The van der Waals surface area contributed by atoms with Crippen molar-refractivity contribution in [1.82, 2.24) is 0 Å². The van der Waals surface area contributed by atoms with E-state index in [0.717, 1.165) is 6.92 Å². The molecule has 1 unspecified atom stereocenters. The van der Waals surface area contributed by atoms with Gasteiger partial charge in [-0.2, -0.15) is 0 Å². The van der Waals surface area contributed by atoms with Crippen molar-refractivity contribution < 1.29 is 76.0 Å². The van der Waals surface area contributed by atoms with Crippen LogP contribution in [0.3, 0.4) is 0 Å². The molecule has 184 valence electrons. The first-order chi connectivity index (χ1) is 13.8. The smallest absolute Gasteiger partial charge is 0.300 e. The largest absolute Gasteiger partial charge is 0.481 e. The molecule has 0 aliphatic rings. The molecule has 0 saturated heterocycles. The molecule has 0 heterocycles. The second kappa shape index (κ2) is 23.9. The van der Waals surface area contributed by atoms with E-state index in [9.17, 15) is 4.79 Å². The first-order valence-corrected chi connectivity index (χ1v) is 8.26. The van der Waals surface area contributed by atoms with Crippen molar-refractivity contribution in [2.75, 3.05) is 33.0 Å². The number of aliphatic hydroxyl groups excluding tert-OH is 12. The minimum absolute atomic E-state index is 0.0869. The molecule has 0 aromatic rings. The zero-order valence-corrected chi connectivity index (χ0v) is 16.3. The monoisotopic (exact) mass is 454 g/mol. The molecule has 0 aromatic carbocycles. The minimum atomic E-state index is -1.64. The molecule has 15 heteroatoms. The summed E-state index contributed by atoms with van der Waals surface area (Å²) in [6.45, 7) is -1.62. The quantitative estimate of drug-likeness (QED) is 0.136. The molecule has 6 atom stereocenters. The van der Waals surface area contributed by atoms with Crippen molar-refractivity contribution in [3.63, 3.8) is 0 Å². The standard InChI is InChI=1S/C5H12O5.C5H10O5.C3H8O3.C2H4O2/c2*6-1-3(8)5(10)4(9)2-7;4-1-3(6)2-5;1-2(3)4/h3-10H,1-2H2;1,3-5,7-10H,2H2;3-6H,1-2H2;1H3,(H,3,4)/t3-,4+,5?;3-,4+,5+;;/m.0../s1. The van der Waals surface area contributed by atoms with Gasteiger partial charge in [0.2, 0.25) is 0 Å². The Morgan fingerprint density at radius 1 is 0.667 bits per heavy atom. The maximum absolute atomic E-state index is 9.76. The van der Waals surface area contributed by atoms with E-state index in [1.165, 1.54) is 0 Å². The zero-order chi connectivity index (χ0) is 24.9. The number of hydrogen-bond donors (Lipinski definition) is 13. The van der Waals surface area contributed by atoms with Crippen LogP contribution in [0.5, 0.6) is 0 Å². The third kappa shape index (κ3) is 24.7. The van der Waals surface area contributed by atoms with Crippen molar-refractivity contribution in [1.29, 1.82) is 0 Å². The van der Waals surface area contributed by atoms with E-state index in [2.05, 4.69) is 0 Å². The maximum atomic E-state index is 9.76. The van der Waals surface area contributed by atoms with Crippen LogP contribution < -0.4 is 0 Å². The highest BCUT2D eigenvalue weighted by molar-refractivity contribution is 5.62. The number of carboxylic acids is 1. The van der Waals surface area contributed by atoms with Gasteiger partial charge in [0.15, 0.2) is 6.29 Å². The fourth-order valence-electron chi connectivity index (χ4n) is 0.946. The number of aliphatic carboxylic acids is 1. The summed E-state index contributed by atoms with van der Waals surface area (Å²) in [6, 6.07) is 0. The van der Waals surface area contributed by atoms with Gasteiger partial charge in [0.1, 0.15) is 42.7 Å². The molecule has 0 saturated carbocycles. The Kier molecular flexibility index (Phi) is 28.8. The van der Waals surface area contributed by atoms with Gasteiger partial charge in [-0.25, -0.2) is 0 Å². The minimum Gasteiger partial charge on any atom is -0.481 e. The first kappa shape index (κ1) is 36.1. The van der Waals surface area contributed by atoms with Crippen LogP contribution in [0.25, 0.3) is 0 Å². The molecule has 0 aromatic heterocycles. The molecule has 30 heavy (non-hydrogen) atoms. The average molecular weight is 454 g/mol. The van der Waals surface area contributed by atoms with E-state index >= 15 is 0 Å². The second-order valence-corrected chi connectivity index (χ2v) is 5.40. The van der Waals surface area contributed by atoms with Gasteiger partial charge in [-0.3, -0.25) is 4.79 Å². The summed E-state index contributed by atoms with van der Waals surface area (Å²) in [7, 11) is 0. The van der Waals surface area contributed by atoms with Gasteiger partial charge in [-0.1, -0.05) is 0 Å². The maximum Gasteiger partial charge on any atom is 0.300 e. The number of hydrogen-bond acceptors (Lipinski definition) is 14. The van der Waals surface area contributed by atoms with Crippen LogP contribution in [0.2, 0.25) is 0 Å². The summed E-state index contributed by atoms with van der Waals surface area (Å²) < 4.78 is 0. The Labute approximate surface area is 172 Å². The lowest BCUT2D eigenvalue weighted by Crippen LogP contribution is -2.41. The molecule has 13 N–H and O–H groups in total. The fourth-order valence-corrected chi connectivity index (χ4v) is 0.946. The SMILES string of the molecule is CC(=O)O.O=C[C@H](O)[C@@H](O)[C@H](O)CO.OCC(O)CO.OC[C@@H](O)C(O)[C@@H](O)CO. The molecule has 0 aliphatic carbocycles. The molecule has 15 nitrogen and oxygen atoms in total. The van der Waals surface area contributed by atoms with E-state index in [0.29, 0.717) is 0 Å². The van der Waals surface area contributed by atoms with Gasteiger partial charge >= 0.3 is 0 Å². The van der Waals surface area contributed by atoms with E-state index < -0.39 is 68.5 Å². The summed E-state index contributed by atoms with van der Waals surface area (Å²) in [5.74, 6) is -0.833. The summed E-state index contributed by atoms with van der Waals surface area (Å²) in [4.78, 5) is 18.8. The second-order valence-electron chi connectivity index (χ2n) is 5.40. The van der Waals surface area contributed by atoms with Crippen LogP contribution in [0, 0.1) is 0 Å². The van der Waals surface area contributed by atoms with E-state index in [4.69, 9.17) is 71.2 Å². The van der Waals surface area contributed by atoms with E-state index in [1.54, 1.807) is 0 Å². The molecular weight excluding hydrogens is 420 g/mol. The predicted molar refractivity (Wildman–Crippen MR) is 96.9 cm³/mol. The van der Waals surface area contributed by atoms with Crippen molar-refractivity contribution in [3.8, 4) is 0 Å². The summed E-state index contributed by atoms with van der Waals surface area (Å²) >= 11 is 0. The highest BCUT2D eigenvalue weighted by atomic mass is 16.4. The number of carbonyl (C=O) groups excluding carboxylic acids is 1. The zero-order valence-electron chi connectivity index (χ0n) is 16.3. The van der Waals surface area contributed by atoms with Crippen molar-refractivity contribution in [2.24, 2.45) is 0 Å².